The number of hydrogen-bond donors (Lipinski definition) is 6. The molecule has 91 heavy (non-hydrogen) atoms. The normalized spacial score (nSPS) is 18.8. The topological polar surface area (TPSA) is 281 Å². The van der Waals surface area contributed by atoms with Gasteiger partial charge < -0.3 is 41.9 Å². The Morgan fingerprint density at radius 2 is 0.912 bits per heavy atom. The van der Waals surface area contributed by atoms with Crippen LogP contribution in [-0.4, -0.2) is 99.9 Å². The minimum absolute atomic E-state index is 0.118. The van der Waals surface area contributed by atoms with Gasteiger partial charge in [-0.1, -0.05) is 59.7 Å². The molecule has 3 saturated heterocycles. The highest BCUT2D eigenvalue weighted by Gasteiger charge is 2.36. The van der Waals surface area contributed by atoms with Crippen molar-refractivity contribution in [3.8, 4) is 0 Å². The fourth-order valence-electron chi connectivity index (χ4n) is 11.7. The molecule has 9 heterocycles. The molecule has 6 aromatic heterocycles. The number of carbonyl (C=O) groups is 6. The summed E-state index contributed by atoms with van der Waals surface area (Å²) < 4.78 is 3.52. The van der Waals surface area contributed by atoms with Crippen molar-refractivity contribution >= 4 is 123 Å². The van der Waals surface area contributed by atoms with Crippen molar-refractivity contribution in [2.24, 2.45) is 17.8 Å². The number of hydrogen-bond acceptors (Lipinski definition) is 17. The molecule has 3 aromatic carbocycles. The predicted octanol–water partition coefficient (Wildman–Crippen LogP) is 12.6. The molecule has 20 nitrogen and oxygen atoms in total. The Labute approximate surface area is 542 Å². The Morgan fingerprint density at radius 3 is 1.33 bits per heavy atom. The smallest absolute Gasteiger partial charge is 0.394 e. The fourth-order valence-corrected chi connectivity index (χ4v) is 13.7. The van der Waals surface area contributed by atoms with Crippen molar-refractivity contribution in [1.82, 2.24) is 45.0 Å². The highest BCUT2D eigenvalue weighted by molar-refractivity contribution is 7.17. The first-order valence-corrected chi connectivity index (χ1v) is 33.6. The lowest BCUT2D eigenvalue weighted by molar-refractivity contribution is -0.147. The average molecular weight is 1290 g/mol. The zero-order valence-corrected chi connectivity index (χ0v) is 55.1. The molecular formula is C68H79N13O7S3. The van der Waals surface area contributed by atoms with Crippen LogP contribution in [0.25, 0.3) is 30.6 Å². The van der Waals surface area contributed by atoms with E-state index in [1.807, 2.05) is 87.5 Å². The number of nitrogens with one attached hydrogen (secondary N) is 4. The number of amides is 5. The Bertz CT molecular complexity index is 3890. The number of aromatic nitrogens is 6. The Balaban J connectivity index is 0.000000150. The SMILES string of the molecule is CCc1cc(NC(=O)C(=O)N2C[C@@H](C)CC[C@@H]2c2ccc3scnc3c2)cnc1C.CCc1cc(NC(=O)C(=O)N2C[C@@H](C)CC[C@@H]2c2ccc3scnc3c2)cnc1N.CCc1cc(NC(=O)C(=O)O)cnc1C.C[C@H]1CC[C@H](c2ccc3scnc3c2)NC1. The van der Waals surface area contributed by atoms with Gasteiger partial charge in [0.2, 0.25) is 0 Å². The number of pyridine rings is 3. The van der Waals surface area contributed by atoms with Gasteiger partial charge in [-0.2, -0.15) is 0 Å². The summed E-state index contributed by atoms with van der Waals surface area (Å²) >= 11 is 4.90. The summed E-state index contributed by atoms with van der Waals surface area (Å²) in [6.07, 6.45) is 13.1. The van der Waals surface area contributed by atoms with Crippen LogP contribution in [0.3, 0.4) is 0 Å². The van der Waals surface area contributed by atoms with Gasteiger partial charge in [-0.3, -0.25) is 33.9 Å². The number of nitrogens with two attached hydrogens (primary N) is 1. The molecule has 0 saturated carbocycles. The molecule has 9 aromatic rings. The number of carbonyl (C=O) groups excluding carboxylic acids is 5. The first kappa shape index (κ1) is 66.8. The van der Waals surface area contributed by atoms with Crippen LogP contribution in [0.4, 0.5) is 22.9 Å². The molecule has 5 amide bonds. The maximum atomic E-state index is 13.1. The van der Waals surface area contributed by atoms with Crippen LogP contribution in [0, 0.1) is 31.6 Å². The summed E-state index contributed by atoms with van der Waals surface area (Å²) in [7, 11) is 0. The minimum Gasteiger partial charge on any atom is -0.474 e. The zero-order valence-electron chi connectivity index (χ0n) is 52.6. The Morgan fingerprint density at radius 1 is 0.516 bits per heavy atom. The highest BCUT2D eigenvalue weighted by Crippen LogP contribution is 2.37. The van der Waals surface area contributed by atoms with Crippen molar-refractivity contribution in [3.05, 3.63) is 153 Å². The van der Waals surface area contributed by atoms with E-state index in [1.165, 1.54) is 35.5 Å². The number of rotatable bonds is 9. The van der Waals surface area contributed by atoms with E-state index in [-0.39, 0.29) is 12.1 Å². The summed E-state index contributed by atoms with van der Waals surface area (Å²) in [4.78, 5) is 102. The third-order valence-electron chi connectivity index (χ3n) is 16.9. The molecular weight excluding hydrogens is 1210 g/mol. The van der Waals surface area contributed by atoms with Gasteiger partial charge in [0.25, 0.3) is 0 Å². The molecule has 6 atom stereocenters. The summed E-state index contributed by atoms with van der Waals surface area (Å²) in [5.74, 6) is -2.91. The van der Waals surface area contributed by atoms with E-state index in [1.54, 1.807) is 62.1 Å². The number of anilines is 4. The van der Waals surface area contributed by atoms with Crippen molar-refractivity contribution in [2.75, 3.05) is 41.3 Å². The van der Waals surface area contributed by atoms with Crippen molar-refractivity contribution < 1.29 is 33.9 Å². The van der Waals surface area contributed by atoms with E-state index in [0.717, 1.165) is 116 Å². The Kier molecular flexibility index (Phi) is 22.7. The zero-order chi connectivity index (χ0) is 64.9. The second kappa shape index (κ2) is 30.9. The summed E-state index contributed by atoms with van der Waals surface area (Å²) in [5.41, 5.74) is 24.0. The van der Waals surface area contributed by atoms with Crippen LogP contribution in [0.1, 0.15) is 143 Å². The maximum absolute atomic E-state index is 13.1. The molecule has 23 heteroatoms. The molecule has 7 N–H and O–H groups in total. The van der Waals surface area contributed by atoms with Gasteiger partial charge in [-0.15, -0.1) is 34.0 Å². The molecule has 0 radical (unpaired) electrons. The molecule has 0 bridgehead atoms. The predicted molar refractivity (Wildman–Crippen MR) is 362 cm³/mol. The van der Waals surface area contributed by atoms with Crippen LogP contribution >= 0.6 is 34.0 Å². The number of thiazole rings is 3. The van der Waals surface area contributed by atoms with E-state index in [4.69, 9.17) is 10.8 Å². The number of nitrogens with zero attached hydrogens (tertiary/aromatic N) is 8. The number of fused-ring (bicyclic) bond motifs is 3. The maximum Gasteiger partial charge on any atom is 0.394 e. The van der Waals surface area contributed by atoms with Crippen LogP contribution in [0.5, 0.6) is 0 Å². The van der Waals surface area contributed by atoms with Gasteiger partial charge in [-0.05, 0) is 184 Å². The van der Waals surface area contributed by atoms with Gasteiger partial charge in [0.05, 0.1) is 94.9 Å². The van der Waals surface area contributed by atoms with Gasteiger partial charge in [-0.25, -0.2) is 24.7 Å². The lowest BCUT2D eigenvalue weighted by Gasteiger charge is -2.38. The standard InChI is InChI=1S/C23H26N4O2S.C22H25N5O2S.C13H16N2S.C10H12N2O3/c1-4-16-9-18(11-24-15(16)3)26-22(28)23(29)27-12-14(2)5-7-20(27)17-6-8-21-19(10-17)25-13-30-21;1-3-14-8-16(10-24-20(14)23)26-21(28)22(29)27-11-13(2)4-6-18(27)15-5-7-19-17(9-15)25-12-30-19;1-9-2-4-11(14-7-9)10-3-5-13-12(6-10)15-8-16-13;1-3-7-4-8(5-11-6(7)2)12-9(13)10(14)15/h6,8-11,13-14,20H,4-5,7,12H2,1-3H3,(H,26,28);5,7-10,12-13,18H,3-4,6,11H2,1-2H3,(H2,23,24)(H,26,28);3,5-6,8-9,11,14H,2,4,7H2,1H3;4-5H,3H2,1-2H3,(H,12,13)(H,14,15)/t14-,20+;13-,18+;9-,11+;/m000./s1. The van der Waals surface area contributed by atoms with Crippen LogP contribution in [0.15, 0.2) is 108 Å². The third kappa shape index (κ3) is 17.0. The van der Waals surface area contributed by atoms with E-state index in [0.29, 0.717) is 60.3 Å². The number of carboxylic acids is 1. The van der Waals surface area contributed by atoms with E-state index < -0.39 is 35.5 Å². The molecule has 3 fully saturated rings. The van der Waals surface area contributed by atoms with Gasteiger partial charge in [0, 0.05) is 30.5 Å². The van der Waals surface area contributed by atoms with E-state index >= 15 is 0 Å². The number of benzene rings is 3. The van der Waals surface area contributed by atoms with Gasteiger partial charge in [0.1, 0.15) is 5.82 Å². The molecule has 0 spiro atoms. The van der Waals surface area contributed by atoms with Crippen LogP contribution in [0.2, 0.25) is 0 Å². The van der Waals surface area contributed by atoms with Crippen LogP contribution in [-0.2, 0) is 48.0 Å². The molecule has 0 unspecified atom stereocenters. The first-order chi connectivity index (χ1) is 43.8. The molecule has 0 aliphatic carbocycles. The number of nitrogen functional groups attached to an aromatic ring is 1. The first-order valence-electron chi connectivity index (χ1n) is 31.0. The number of likely N-dealkylation sites (tertiary alicyclic amines) is 2. The highest BCUT2D eigenvalue weighted by atomic mass is 32.1. The van der Waals surface area contributed by atoms with Crippen molar-refractivity contribution in [2.45, 2.75) is 131 Å². The second-order valence-electron chi connectivity index (χ2n) is 23.6. The largest absolute Gasteiger partial charge is 0.474 e. The van der Waals surface area contributed by atoms with E-state index in [9.17, 15) is 28.8 Å². The number of aryl methyl sites for hydroxylation is 5. The fraction of sp³-hybridized carbons (Fsp3) is 0.382. The number of aliphatic carboxylic acids is 1. The number of piperidine rings is 3. The molecule has 3 aliphatic rings. The average Bonchev–Trinajstić information content (AvgIpc) is 1.99. The molecule has 3 aliphatic heterocycles. The molecule has 12 rings (SSSR count). The van der Waals surface area contributed by atoms with Gasteiger partial charge in [0.15, 0.2) is 0 Å². The summed E-state index contributed by atoms with van der Waals surface area (Å²) in [6.45, 7) is 18.6. The quantitative estimate of drug-likeness (QED) is 0.0733. The lowest BCUT2D eigenvalue weighted by Crippen LogP contribution is -2.46. The Hall–Kier alpha value is -8.64. The van der Waals surface area contributed by atoms with Crippen molar-refractivity contribution in [3.63, 3.8) is 0 Å². The minimum atomic E-state index is -1.51. The van der Waals surface area contributed by atoms with E-state index in [2.05, 4.69) is 96.2 Å². The molecule has 476 valence electrons. The summed E-state index contributed by atoms with van der Waals surface area (Å²) in [5, 5.41) is 19.7. The number of carboxylic acid groups (broad SMARTS) is 1. The monoisotopic (exact) mass is 1290 g/mol. The van der Waals surface area contributed by atoms with Crippen molar-refractivity contribution in [1.29, 1.82) is 0 Å². The summed E-state index contributed by atoms with van der Waals surface area (Å²) in [6, 6.07) is 24.6. The second-order valence-corrected chi connectivity index (χ2v) is 26.3. The third-order valence-corrected chi connectivity index (χ3v) is 19.4. The van der Waals surface area contributed by atoms with Gasteiger partial charge >= 0.3 is 35.5 Å². The van der Waals surface area contributed by atoms with Crippen LogP contribution < -0.4 is 27.0 Å². The lowest BCUT2D eigenvalue weighted by atomic mass is 9.89.